The molecule has 0 saturated heterocycles. The number of ether oxygens (including phenoxy) is 4. The number of rotatable bonds is 9. The van der Waals surface area contributed by atoms with Crippen molar-refractivity contribution in [2.24, 2.45) is 0 Å². The van der Waals surface area contributed by atoms with Gasteiger partial charge in [-0.3, -0.25) is 4.79 Å². The van der Waals surface area contributed by atoms with E-state index in [4.69, 9.17) is 28.9 Å². The summed E-state index contributed by atoms with van der Waals surface area (Å²) in [4.78, 5) is 22.7. The lowest BCUT2D eigenvalue weighted by molar-refractivity contribution is 0.0939. The topological polar surface area (TPSA) is 91.8 Å². The molecule has 1 atom stereocenters. The van der Waals surface area contributed by atoms with Crippen LogP contribution >= 0.6 is 0 Å². The van der Waals surface area contributed by atoms with Crippen molar-refractivity contribution in [2.45, 2.75) is 26.3 Å². The molecule has 8 heteroatoms. The number of nitrogens with one attached hydrogen (secondary N) is 1. The second-order valence-electron chi connectivity index (χ2n) is 8.55. The fourth-order valence-corrected chi connectivity index (χ4v) is 3.97. The quantitative estimate of drug-likeness (QED) is 0.323. The molecule has 8 nitrogen and oxygen atoms in total. The van der Waals surface area contributed by atoms with Gasteiger partial charge >= 0.3 is 0 Å². The van der Waals surface area contributed by atoms with Gasteiger partial charge in [-0.25, -0.2) is 9.97 Å². The standard InChI is InChI=1S/C29H31N3O5/c1-7-17(2)30-29(33)20-8-11-21-22(14-20)32-28(19-10-13-24(35-4)26(16-19)37-6)27(31-21)18-9-12-23(34-3)25(15-18)36-5/h8-17H,7H2,1-6H3,(H,30,33)/t17-/m1/s1. The molecule has 1 heterocycles. The summed E-state index contributed by atoms with van der Waals surface area (Å²) < 4.78 is 21.9. The van der Waals surface area contributed by atoms with E-state index < -0.39 is 0 Å². The zero-order valence-electron chi connectivity index (χ0n) is 21.9. The molecule has 0 radical (unpaired) electrons. The molecule has 4 rings (SSSR count). The highest BCUT2D eigenvalue weighted by Crippen LogP contribution is 2.39. The molecule has 0 bridgehead atoms. The fraction of sp³-hybridized carbons (Fsp3) is 0.276. The molecule has 0 fully saturated rings. The highest BCUT2D eigenvalue weighted by Gasteiger charge is 2.18. The van der Waals surface area contributed by atoms with Gasteiger partial charge in [-0.1, -0.05) is 6.92 Å². The number of methoxy groups -OCH3 is 4. The maximum absolute atomic E-state index is 12.8. The summed E-state index contributed by atoms with van der Waals surface area (Å²) in [6.45, 7) is 4.01. The Kier molecular flexibility index (Phi) is 7.77. The van der Waals surface area contributed by atoms with Crippen LogP contribution in [0.3, 0.4) is 0 Å². The van der Waals surface area contributed by atoms with Crippen molar-refractivity contribution in [3.63, 3.8) is 0 Å². The highest BCUT2D eigenvalue weighted by molar-refractivity contribution is 5.98. The van der Waals surface area contributed by atoms with Gasteiger partial charge in [0.15, 0.2) is 23.0 Å². The van der Waals surface area contributed by atoms with E-state index in [-0.39, 0.29) is 11.9 Å². The average molecular weight is 502 g/mol. The summed E-state index contributed by atoms with van der Waals surface area (Å²) in [7, 11) is 6.37. The van der Waals surface area contributed by atoms with Crippen molar-refractivity contribution in [2.75, 3.05) is 28.4 Å². The monoisotopic (exact) mass is 501 g/mol. The number of hydrogen-bond donors (Lipinski definition) is 1. The summed E-state index contributed by atoms with van der Waals surface area (Å²) >= 11 is 0. The molecule has 0 spiro atoms. The van der Waals surface area contributed by atoms with Crippen molar-refractivity contribution < 1.29 is 23.7 Å². The van der Waals surface area contributed by atoms with Gasteiger partial charge in [0.2, 0.25) is 0 Å². The maximum Gasteiger partial charge on any atom is 0.251 e. The Labute approximate surface area is 216 Å². The van der Waals surface area contributed by atoms with E-state index in [9.17, 15) is 4.79 Å². The average Bonchev–Trinajstić information content (AvgIpc) is 2.95. The van der Waals surface area contributed by atoms with Crippen LogP contribution in [0.15, 0.2) is 54.6 Å². The highest BCUT2D eigenvalue weighted by atomic mass is 16.5. The number of aromatic nitrogens is 2. The molecular weight excluding hydrogens is 470 g/mol. The lowest BCUT2D eigenvalue weighted by Crippen LogP contribution is -2.31. The number of nitrogens with zero attached hydrogens (tertiary/aromatic N) is 2. The van der Waals surface area contributed by atoms with Crippen molar-refractivity contribution >= 4 is 16.9 Å². The van der Waals surface area contributed by atoms with Crippen LogP contribution in [0.5, 0.6) is 23.0 Å². The molecule has 0 saturated carbocycles. The molecule has 0 aliphatic rings. The Morgan fingerprint density at radius 2 is 1.24 bits per heavy atom. The summed E-state index contributed by atoms with van der Waals surface area (Å²) in [5.41, 5.74) is 4.65. The Morgan fingerprint density at radius 3 is 1.73 bits per heavy atom. The molecule has 192 valence electrons. The van der Waals surface area contributed by atoms with Crippen LogP contribution < -0.4 is 24.3 Å². The van der Waals surface area contributed by atoms with Crippen molar-refractivity contribution in [1.29, 1.82) is 0 Å². The van der Waals surface area contributed by atoms with Crippen LogP contribution in [0.1, 0.15) is 30.6 Å². The molecule has 1 aromatic heterocycles. The second-order valence-corrected chi connectivity index (χ2v) is 8.55. The normalized spacial score (nSPS) is 11.6. The van der Waals surface area contributed by atoms with Crippen LogP contribution in [0.4, 0.5) is 0 Å². The van der Waals surface area contributed by atoms with Crippen LogP contribution in [0.25, 0.3) is 33.5 Å². The SMILES string of the molecule is CC[C@@H](C)NC(=O)c1ccc2nc(-c3ccc(OC)c(OC)c3)c(-c3ccc(OC)c(OC)c3)nc2c1. The Bertz CT molecular complexity index is 1440. The number of fused-ring (bicyclic) bond motifs is 1. The summed E-state index contributed by atoms with van der Waals surface area (Å²) in [5.74, 6) is 2.23. The van der Waals surface area contributed by atoms with E-state index in [1.807, 2.05) is 56.3 Å². The van der Waals surface area contributed by atoms with Gasteiger partial charge in [0.1, 0.15) is 0 Å². The third-order valence-corrected chi connectivity index (χ3v) is 6.23. The lowest BCUT2D eigenvalue weighted by atomic mass is 10.0. The maximum atomic E-state index is 12.8. The minimum Gasteiger partial charge on any atom is -0.493 e. The molecule has 0 unspecified atom stereocenters. The van der Waals surface area contributed by atoms with Gasteiger partial charge in [0, 0.05) is 22.7 Å². The van der Waals surface area contributed by atoms with Crippen molar-refractivity contribution in [1.82, 2.24) is 15.3 Å². The zero-order chi connectivity index (χ0) is 26.5. The number of carbonyl (C=O) groups is 1. The van der Waals surface area contributed by atoms with E-state index in [0.717, 1.165) is 17.5 Å². The first-order valence-corrected chi connectivity index (χ1v) is 12.0. The van der Waals surface area contributed by atoms with Gasteiger partial charge in [-0.15, -0.1) is 0 Å². The number of benzene rings is 3. The largest absolute Gasteiger partial charge is 0.493 e. The molecule has 1 amide bonds. The number of amides is 1. The minimum atomic E-state index is -0.144. The van der Waals surface area contributed by atoms with Crippen LogP contribution in [-0.4, -0.2) is 50.4 Å². The van der Waals surface area contributed by atoms with Crippen LogP contribution in [-0.2, 0) is 0 Å². The summed E-state index contributed by atoms with van der Waals surface area (Å²) in [6, 6.07) is 16.6. The molecular formula is C29H31N3O5. The molecule has 1 N–H and O–H groups in total. The second kappa shape index (κ2) is 11.2. The Balaban J connectivity index is 1.93. The minimum absolute atomic E-state index is 0.0732. The van der Waals surface area contributed by atoms with E-state index >= 15 is 0 Å². The van der Waals surface area contributed by atoms with Crippen molar-refractivity contribution in [3.05, 3.63) is 60.2 Å². The predicted octanol–water partition coefficient (Wildman–Crippen LogP) is 5.53. The smallest absolute Gasteiger partial charge is 0.251 e. The van der Waals surface area contributed by atoms with Gasteiger partial charge in [-0.2, -0.15) is 0 Å². The lowest BCUT2D eigenvalue weighted by Gasteiger charge is -2.15. The van der Waals surface area contributed by atoms with Gasteiger partial charge < -0.3 is 24.3 Å². The summed E-state index contributed by atoms with van der Waals surface area (Å²) in [6.07, 6.45) is 0.845. The van der Waals surface area contributed by atoms with Gasteiger partial charge in [0.25, 0.3) is 5.91 Å². The molecule has 3 aromatic carbocycles. The fourth-order valence-electron chi connectivity index (χ4n) is 3.97. The van der Waals surface area contributed by atoms with Crippen molar-refractivity contribution in [3.8, 4) is 45.5 Å². The molecule has 37 heavy (non-hydrogen) atoms. The Morgan fingerprint density at radius 1 is 0.730 bits per heavy atom. The predicted molar refractivity (Wildman–Crippen MR) is 144 cm³/mol. The zero-order valence-corrected chi connectivity index (χ0v) is 21.9. The third-order valence-electron chi connectivity index (χ3n) is 6.23. The molecule has 0 aliphatic carbocycles. The first-order chi connectivity index (χ1) is 17.9. The van der Waals surface area contributed by atoms with Crippen LogP contribution in [0.2, 0.25) is 0 Å². The van der Waals surface area contributed by atoms with Gasteiger partial charge in [0.05, 0.1) is 50.9 Å². The van der Waals surface area contributed by atoms with Crippen LogP contribution in [0, 0.1) is 0 Å². The van der Waals surface area contributed by atoms with Gasteiger partial charge in [-0.05, 0) is 67.9 Å². The summed E-state index contributed by atoms with van der Waals surface area (Å²) in [5, 5.41) is 3.00. The number of carbonyl (C=O) groups excluding carboxylic acids is 1. The third kappa shape index (κ3) is 5.28. The number of hydrogen-bond acceptors (Lipinski definition) is 7. The first kappa shape index (κ1) is 25.8. The van der Waals surface area contributed by atoms with E-state index in [1.165, 1.54) is 0 Å². The molecule has 0 aliphatic heterocycles. The van der Waals surface area contributed by atoms with E-state index in [1.54, 1.807) is 40.6 Å². The van der Waals surface area contributed by atoms with E-state index in [0.29, 0.717) is 51.0 Å². The van der Waals surface area contributed by atoms with E-state index in [2.05, 4.69) is 5.32 Å². The molecule has 4 aromatic rings. The Hall–Kier alpha value is -4.33. The first-order valence-electron chi connectivity index (χ1n) is 12.0.